The molecule has 0 bridgehead atoms. The maximum Gasteiger partial charge on any atom is 0.226 e. The highest BCUT2D eigenvalue weighted by molar-refractivity contribution is 5.54. The quantitative estimate of drug-likeness (QED) is 0.824. The zero-order valence-corrected chi connectivity index (χ0v) is 9.10. The lowest BCUT2D eigenvalue weighted by atomic mass is 10.2. The van der Waals surface area contributed by atoms with Crippen molar-refractivity contribution >= 4 is 0 Å². The molecule has 3 N–H and O–H groups in total. The number of hydrogen-bond donors (Lipinski definition) is 2. The third-order valence-corrected chi connectivity index (χ3v) is 2.38. The number of hydrogen-bond acceptors (Lipinski definition) is 4. The Morgan fingerprint density at radius 3 is 2.62 bits per heavy atom. The van der Waals surface area contributed by atoms with Crippen LogP contribution in [0, 0.1) is 6.92 Å². The molecule has 16 heavy (non-hydrogen) atoms. The van der Waals surface area contributed by atoms with Gasteiger partial charge in [0.05, 0.1) is 5.69 Å². The van der Waals surface area contributed by atoms with Gasteiger partial charge < -0.3 is 15.3 Å². The van der Waals surface area contributed by atoms with Crippen LogP contribution < -0.4 is 5.73 Å². The van der Waals surface area contributed by atoms with E-state index in [1.165, 1.54) is 0 Å². The molecule has 0 aliphatic carbocycles. The number of aromatic hydroxyl groups is 1. The molecule has 0 amide bonds. The maximum absolute atomic E-state index is 9.18. The van der Waals surface area contributed by atoms with Crippen LogP contribution in [0.15, 0.2) is 28.7 Å². The second-order valence-corrected chi connectivity index (χ2v) is 3.61. The first-order valence-corrected chi connectivity index (χ1v) is 5.16. The van der Waals surface area contributed by atoms with Crippen LogP contribution in [-0.4, -0.2) is 16.6 Å². The van der Waals surface area contributed by atoms with Crippen molar-refractivity contribution < 1.29 is 9.52 Å². The van der Waals surface area contributed by atoms with Gasteiger partial charge in [-0.25, -0.2) is 4.98 Å². The predicted molar refractivity (Wildman–Crippen MR) is 61.1 cm³/mol. The summed E-state index contributed by atoms with van der Waals surface area (Å²) in [5.41, 5.74) is 7.20. The van der Waals surface area contributed by atoms with Crippen LogP contribution in [0.1, 0.15) is 11.5 Å². The summed E-state index contributed by atoms with van der Waals surface area (Å²) in [5, 5.41) is 9.18. The standard InChI is InChI=1S/C12H14N2O2/c1-8-11(6-7-13)16-12(14-8)9-2-4-10(15)5-3-9/h2-5,15H,6-7,13H2,1H3. The molecule has 1 aromatic carbocycles. The first-order valence-electron chi connectivity index (χ1n) is 5.16. The first kappa shape index (κ1) is 10.7. The van der Waals surface area contributed by atoms with E-state index in [0.29, 0.717) is 18.9 Å². The largest absolute Gasteiger partial charge is 0.508 e. The summed E-state index contributed by atoms with van der Waals surface area (Å²) in [6, 6.07) is 6.76. The zero-order valence-electron chi connectivity index (χ0n) is 9.10. The van der Waals surface area contributed by atoms with Crippen LogP contribution in [0.2, 0.25) is 0 Å². The maximum atomic E-state index is 9.18. The molecule has 1 aromatic heterocycles. The first-order chi connectivity index (χ1) is 7.70. The summed E-state index contributed by atoms with van der Waals surface area (Å²) >= 11 is 0. The molecule has 0 aliphatic rings. The second-order valence-electron chi connectivity index (χ2n) is 3.61. The Kier molecular flexibility index (Phi) is 2.92. The lowest BCUT2D eigenvalue weighted by Crippen LogP contribution is -2.02. The molecule has 2 rings (SSSR count). The third kappa shape index (κ3) is 2.06. The van der Waals surface area contributed by atoms with E-state index in [1.807, 2.05) is 6.92 Å². The highest BCUT2D eigenvalue weighted by atomic mass is 16.4. The number of aryl methyl sites for hydroxylation is 1. The smallest absolute Gasteiger partial charge is 0.226 e. The molecular weight excluding hydrogens is 204 g/mol. The molecule has 0 saturated heterocycles. The van der Waals surface area contributed by atoms with Crippen molar-refractivity contribution in [3.05, 3.63) is 35.7 Å². The van der Waals surface area contributed by atoms with Crippen LogP contribution in [-0.2, 0) is 6.42 Å². The van der Waals surface area contributed by atoms with Crippen molar-refractivity contribution in [1.29, 1.82) is 0 Å². The van der Waals surface area contributed by atoms with Gasteiger partial charge in [0.1, 0.15) is 11.5 Å². The average Bonchev–Trinajstić information content (AvgIpc) is 2.62. The van der Waals surface area contributed by atoms with E-state index in [-0.39, 0.29) is 5.75 Å². The summed E-state index contributed by atoms with van der Waals surface area (Å²) in [7, 11) is 0. The Balaban J connectivity index is 2.33. The minimum atomic E-state index is 0.231. The summed E-state index contributed by atoms with van der Waals surface area (Å²) in [5.74, 6) is 1.63. The van der Waals surface area contributed by atoms with Crippen LogP contribution in [0.3, 0.4) is 0 Å². The monoisotopic (exact) mass is 218 g/mol. The number of nitrogens with zero attached hydrogens (tertiary/aromatic N) is 1. The van der Waals surface area contributed by atoms with Crippen LogP contribution in [0.25, 0.3) is 11.5 Å². The van der Waals surface area contributed by atoms with Gasteiger partial charge in [0.15, 0.2) is 0 Å². The minimum absolute atomic E-state index is 0.231. The van der Waals surface area contributed by atoms with Crippen molar-refractivity contribution in [1.82, 2.24) is 4.98 Å². The molecule has 0 unspecified atom stereocenters. The van der Waals surface area contributed by atoms with Crippen molar-refractivity contribution in [3.63, 3.8) is 0 Å². The average molecular weight is 218 g/mol. The SMILES string of the molecule is Cc1nc(-c2ccc(O)cc2)oc1CCN. The summed E-state index contributed by atoms with van der Waals surface area (Å²) < 4.78 is 5.61. The van der Waals surface area contributed by atoms with Crippen LogP contribution >= 0.6 is 0 Å². The van der Waals surface area contributed by atoms with Crippen molar-refractivity contribution in [2.75, 3.05) is 6.54 Å². The number of nitrogens with two attached hydrogens (primary N) is 1. The summed E-state index contributed by atoms with van der Waals surface area (Å²) in [4.78, 5) is 4.33. The molecule has 0 aliphatic heterocycles. The molecule has 4 heteroatoms. The number of benzene rings is 1. The van der Waals surface area contributed by atoms with E-state index in [9.17, 15) is 5.11 Å². The van der Waals surface area contributed by atoms with Crippen LogP contribution in [0.5, 0.6) is 5.75 Å². The molecule has 1 heterocycles. The van der Waals surface area contributed by atoms with Gasteiger partial charge in [-0.3, -0.25) is 0 Å². The van der Waals surface area contributed by atoms with E-state index < -0.39 is 0 Å². The summed E-state index contributed by atoms with van der Waals surface area (Å²) in [6.07, 6.45) is 0.691. The lowest BCUT2D eigenvalue weighted by molar-refractivity contribution is 0.475. The Morgan fingerprint density at radius 1 is 1.31 bits per heavy atom. The lowest BCUT2D eigenvalue weighted by Gasteiger charge is -1.95. The minimum Gasteiger partial charge on any atom is -0.508 e. The molecule has 0 saturated carbocycles. The second kappa shape index (κ2) is 4.37. The molecule has 2 aromatic rings. The fourth-order valence-electron chi connectivity index (χ4n) is 1.52. The van der Waals surface area contributed by atoms with E-state index in [4.69, 9.17) is 10.2 Å². The predicted octanol–water partition coefficient (Wildman–Crippen LogP) is 1.86. The van der Waals surface area contributed by atoms with Gasteiger partial charge in [0.2, 0.25) is 5.89 Å². The molecule has 0 spiro atoms. The molecule has 0 fully saturated rings. The zero-order chi connectivity index (χ0) is 11.5. The van der Waals surface area contributed by atoms with E-state index in [1.54, 1.807) is 24.3 Å². The summed E-state index contributed by atoms with van der Waals surface area (Å²) in [6.45, 7) is 2.45. The molecule has 4 nitrogen and oxygen atoms in total. The Labute approximate surface area is 93.7 Å². The molecule has 84 valence electrons. The number of rotatable bonds is 3. The number of oxazole rings is 1. The Morgan fingerprint density at radius 2 is 2.00 bits per heavy atom. The van der Waals surface area contributed by atoms with Gasteiger partial charge in [-0.05, 0) is 37.7 Å². The van der Waals surface area contributed by atoms with Gasteiger partial charge in [-0.15, -0.1) is 0 Å². The van der Waals surface area contributed by atoms with Crippen LogP contribution in [0.4, 0.5) is 0 Å². The van der Waals surface area contributed by atoms with Gasteiger partial charge in [-0.1, -0.05) is 0 Å². The van der Waals surface area contributed by atoms with E-state index >= 15 is 0 Å². The fourth-order valence-corrected chi connectivity index (χ4v) is 1.52. The van der Waals surface area contributed by atoms with Gasteiger partial charge >= 0.3 is 0 Å². The van der Waals surface area contributed by atoms with E-state index in [2.05, 4.69) is 4.98 Å². The highest BCUT2D eigenvalue weighted by Crippen LogP contribution is 2.23. The number of phenols is 1. The molecular formula is C12H14N2O2. The molecule has 0 radical (unpaired) electrons. The van der Waals surface area contributed by atoms with Gasteiger partial charge in [0.25, 0.3) is 0 Å². The third-order valence-electron chi connectivity index (χ3n) is 2.38. The van der Waals surface area contributed by atoms with Gasteiger partial charge in [0, 0.05) is 12.0 Å². The fraction of sp³-hybridized carbons (Fsp3) is 0.250. The number of aromatic nitrogens is 1. The highest BCUT2D eigenvalue weighted by Gasteiger charge is 2.10. The Bertz CT molecular complexity index is 474. The molecule has 0 atom stereocenters. The van der Waals surface area contributed by atoms with Gasteiger partial charge in [-0.2, -0.15) is 0 Å². The number of phenolic OH excluding ortho intramolecular Hbond substituents is 1. The Hall–Kier alpha value is -1.81. The van der Waals surface area contributed by atoms with Crippen molar-refractivity contribution in [2.45, 2.75) is 13.3 Å². The van der Waals surface area contributed by atoms with Crippen molar-refractivity contribution in [2.24, 2.45) is 5.73 Å². The van der Waals surface area contributed by atoms with Crippen molar-refractivity contribution in [3.8, 4) is 17.2 Å². The normalized spacial score (nSPS) is 10.6. The topological polar surface area (TPSA) is 72.3 Å². The van der Waals surface area contributed by atoms with E-state index in [0.717, 1.165) is 17.0 Å².